The van der Waals surface area contributed by atoms with Crippen LogP contribution in [-0.2, 0) is 11.3 Å². The Bertz CT molecular complexity index is 641. The number of aryl methyl sites for hydroxylation is 1. The van der Waals surface area contributed by atoms with Gasteiger partial charge in [-0.25, -0.2) is 13.6 Å². The summed E-state index contributed by atoms with van der Waals surface area (Å²) >= 11 is 0. The molecule has 0 N–H and O–H groups in total. The van der Waals surface area contributed by atoms with Gasteiger partial charge in [-0.3, -0.25) is 0 Å². The molecule has 0 fully saturated rings. The van der Waals surface area contributed by atoms with Gasteiger partial charge in [0.2, 0.25) is 5.82 Å². The average molecular weight is 281 g/mol. The first-order valence-corrected chi connectivity index (χ1v) is 6.03. The number of hydrogen-bond acceptors (Lipinski definition) is 4. The van der Waals surface area contributed by atoms with Gasteiger partial charge in [0, 0.05) is 11.6 Å². The van der Waals surface area contributed by atoms with E-state index >= 15 is 0 Å². The molecule has 0 amide bonds. The minimum atomic E-state index is -0.687. The van der Waals surface area contributed by atoms with Gasteiger partial charge in [-0.1, -0.05) is 6.07 Å². The standard InChI is InChI=1S/C13H13F2N3O2/c1-3-20-13(19)12-17-16-8(2)18(12)7-9-4-5-10(14)6-11(9)15/h4-6H,3,7H2,1-2H3. The molecule has 0 unspecified atom stereocenters. The normalized spacial score (nSPS) is 10.6. The highest BCUT2D eigenvalue weighted by Gasteiger charge is 2.19. The zero-order valence-corrected chi connectivity index (χ0v) is 11.1. The highest BCUT2D eigenvalue weighted by molar-refractivity contribution is 5.85. The fourth-order valence-electron chi connectivity index (χ4n) is 1.74. The number of esters is 1. The molecule has 0 spiro atoms. The Kier molecular flexibility index (Phi) is 4.07. The summed E-state index contributed by atoms with van der Waals surface area (Å²) in [7, 11) is 0. The van der Waals surface area contributed by atoms with Crippen LogP contribution in [0.4, 0.5) is 8.78 Å². The number of carbonyl (C=O) groups excluding carboxylic acids is 1. The van der Waals surface area contributed by atoms with Gasteiger partial charge < -0.3 is 9.30 Å². The first-order valence-electron chi connectivity index (χ1n) is 6.03. The number of hydrogen-bond donors (Lipinski definition) is 0. The number of nitrogens with zero attached hydrogens (tertiary/aromatic N) is 3. The summed E-state index contributed by atoms with van der Waals surface area (Å²) in [6, 6.07) is 3.26. The molecule has 2 aromatic rings. The molecule has 0 atom stereocenters. The van der Waals surface area contributed by atoms with Crippen LogP contribution in [-0.4, -0.2) is 27.3 Å². The third kappa shape index (κ3) is 2.81. The van der Waals surface area contributed by atoms with Gasteiger partial charge in [-0.2, -0.15) is 0 Å². The van der Waals surface area contributed by atoms with Gasteiger partial charge in [0.25, 0.3) is 0 Å². The van der Waals surface area contributed by atoms with Crippen LogP contribution in [0, 0.1) is 18.6 Å². The van der Waals surface area contributed by atoms with Gasteiger partial charge in [-0.15, -0.1) is 10.2 Å². The van der Waals surface area contributed by atoms with E-state index in [4.69, 9.17) is 4.74 Å². The highest BCUT2D eigenvalue weighted by Crippen LogP contribution is 2.13. The molecule has 106 valence electrons. The van der Waals surface area contributed by atoms with Crippen LogP contribution < -0.4 is 0 Å². The average Bonchev–Trinajstić information content (AvgIpc) is 2.75. The summed E-state index contributed by atoms with van der Waals surface area (Å²) in [6.45, 7) is 3.54. The smallest absolute Gasteiger partial charge is 0.376 e. The third-order valence-electron chi connectivity index (χ3n) is 2.74. The molecule has 1 heterocycles. The van der Waals surface area contributed by atoms with E-state index in [0.717, 1.165) is 12.1 Å². The summed E-state index contributed by atoms with van der Waals surface area (Å²) in [5.74, 6) is -1.54. The Morgan fingerprint density at radius 3 is 2.75 bits per heavy atom. The second kappa shape index (κ2) is 5.77. The minimum absolute atomic E-state index is 0.00641. The number of carbonyl (C=O) groups is 1. The molecule has 20 heavy (non-hydrogen) atoms. The second-order valence-electron chi connectivity index (χ2n) is 4.11. The van der Waals surface area contributed by atoms with Crippen LogP contribution in [0.1, 0.15) is 28.9 Å². The Hall–Kier alpha value is -2.31. The number of halogens is 2. The maximum Gasteiger partial charge on any atom is 0.376 e. The summed E-state index contributed by atoms with van der Waals surface area (Å²) in [5, 5.41) is 7.50. The number of benzene rings is 1. The lowest BCUT2D eigenvalue weighted by atomic mass is 10.2. The van der Waals surface area contributed by atoms with Crippen molar-refractivity contribution in [3.63, 3.8) is 0 Å². The van der Waals surface area contributed by atoms with Crippen molar-refractivity contribution in [1.82, 2.24) is 14.8 Å². The van der Waals surface area contributed by atoms with Crippen molar-refractivity contribution < 1.29 is 18.3 Å². The molecule has 0 aliphatic rings. The molecule has 5 nitrogen and oxygen atoms in total. The van der Waals surface area contributed by atoms with Crippen LogP contribution in [0.25, 0.3) is 0 Å². The van der Waals surface area contributed by atoms with E-state index in [1.807, 2.05) is 0 Å². The van der Waals surface area contributed by atoms with Crippen molar-refractivity contribution in [3.05, 3.63) is 47.0 Å². The molecule has 0 saturated carbocycles. The van der Waals surface area contributed by atoms with Crippen LogP contribution in [0.3, 0.4) is 0 Å². The molecule has 0 aliphatic heterocycles. The Morgan fingerprint density at radius 2 is 2.10 bits per heavy atom. The Balaban J connectivity index is 2.33. The zero-order chi connectivity index (χ0) is 14.7. The maximum atomic E-state index is 13.6. The van der Waals surface area contributed by atoms with Crippen molar-refractivity contribution >= 4 is 5.97 Å². The van der Waals surface area contributed by atoms with E-state index in [2.05, 4.69) is 10.2 Å². The van der Waals surface area contributed by atoms with Crippen LogP contribution in [0.5, 0.6) is 0 Å². The number of rotatable bonds is 4. The van der Waals surface area contributed by atoms with Crippen molar-refractivity contribution in [2.24, 2.45) is 0 Å². The van der Waals surface area contributed by atoms with Crippen molar-refractivity contribution in [2.45, 2.75) is 20.4 Å². The lowest BCUT2D eigenvalue weighted by molar-refractivity contribution is 0.0506. The van der Waals surface area contributed by atoms with E-state index in [1.165, 1.54) is 10.6 Å². The van der Waals surface area contributed by atoms with Crippen LogP contribution in [0.15, 0.2) is 18.2 Å². The second-order valence-corrected chi connectivity index (χ2v) is 4.11. The molecular weight excluding hydrogens is 268 g/mol. The zero-order valence-electron chi connectivity index (χ0n) is 11.1. The van der Waals surface area contributed by atoms with Crippen LogP contribution >= 0.6 is 0 Å². The van der Waals surface area contributed by atoms with Gasteiger partial charge >= 0.3 is 5.97 Å². The topological polar surface area (TPSA) is 57.0 Å². The van der Waals surface area contributed by atoms with Gasteiger partial charge in [-0.05, 0) is 19.9 Å². The van der Waals surface area contributed by atoms with E-state index < -0.39 is 17.6 Å². The number of aromatic nitrogens is 3. The van der Waals surface area contributed by atoms with E-state index in [1.54, 1.807) is 13.8 Å². The van der Waals surface area contributed by atoms with E-state index in [9.17, 15) is 13.6 Å². The van der Waals surface area contributed by atoms with Crippen molar-refractivity contribution in [1.29, 1.82) is 0 Å². The fraction of sp³-hybridized carbons (Fsp3) is 0.308. The van der Waals surface area contributed by atoms with E-state index in [-0.39, 0.29) is 24.5 Å². The Labute approximate surface area is 114 Å². The SMILES string of the molecule is CCOC(=O)c1nnc(C)n1Cc1ccc(F)cc1F. The van der Waals surface area contributed by atoms with Crippen molar-refractivity contribution in [3.8, 4) is 0 Å². The van der Waals surface area contributed by atoms with Crippen LogP contribution in [0.2, 0.25) is 0 Å². The van der Waals surface area contributed by atoms with Gasteiger partial charge in [0.1, 0.15) is 17.5 Å². The van der Waals surface area contributed by atoms with E-state index in [0.29, 0.717) is 5.82 Å². The first-order chi connectivity index (χ1) is 9.52. The molecule has 2 rings (SSSR count). The highest BCUT2D eigenvalue weighted by atomic mass is 19.1. The molecule has 1 aromatic carbocycles. The summed E-state index contributed by atoms with van der Waals surface area (Å²) < 4.78 is 32.8. The lowest BCUT2D eigenvalue weighted by Gasteiger charge is -2.09. The largest absolute Gasteiger partial charge is 0.460 e. The summed E-state index contributed by atoms with van der Waals surface area (Å²) in [5.41, 5.74) is 0.236. The third-order valence-corrected chi connectivity index (χ3v) is 2.74. The summed E-state index contributed by atoms with van der Waals surface area (Å²) in [6.07, 6.45) is 0. The predicted octanol–water partition coefficient (Wildman–Crippen LogP) is 2.09. The molecule has 0 aliphatic carbocycles. The predicted molar refractivity (Wildman–Crippen MR) is 66.2 cm³/mol. The monoisotopic (exact) mass is 281 g/mol. The van der Waals surface area contributed by atoms with Crippen molar-refractivity contribution in [2.75, 3.05) is 6.61 Å². The lowest BCUT2D eigenvalue weighted by Crippen LogP contribution is -2.15. The van der Waals surface area contributed by atoms with Gasteiger partial charge in [0.05, 0.1) is 13.2 Å². The molecule has 7 heteroatoms. The summed E-state index contributed by atoms with van der Waals surface area (Å²) in [4.78, 5) is 11.7. The Morgan fingerprint density at radius 1 is 1.35 bits per heavy atom. The molecular formula is C13H13F2N3O2. The molecule has 1 aromatic heterocycles. The molecule has 0 radical (unpaired) electrons. The fourth-order valence-corrected chi connectivity index (χ4v) is 1.74. The van der Waals surface area contributed by atoms with Gasteiger partial charge in [0.15, 0.2) is 0 Å². The quantitative estimate of drug-likeness (QED) is 0.805. The number of ether oxygens (including phenoxy) is 1. The first kappa shape index (κ1) is 14.1. The molecule has 0 saturated heterocycles. The maximum absolute atomic E-state index is 13.6. The minimum Gasteiger partial charge on any atom is -0.460 e. The molecule has 0 bridgehead atoms.